The van der Waals surface area contributed by atoms with Gasteiger partial charge in [-0.3, -0.25) is 19.6 Å². The summed E-state index contributed by atoms with van der Waals surface area (Å²) in [7, 11) is 3.30. The van der Waals surface area contributed by atoms with Crippen LogP contribution in [0.2, 0.25) is 0 Å². The quantitative estimate of drug-likeness (QED) is 0.650. The summed E-state index contributed by atoms with van der Waals surface area (Å²) in [6, 6.07) is 4.21. The molecule has 0 unspecified atom stereocenters. The maximum Gasteiger partial charge on any atom is 0.293 e. The smallest absolute Gasteiger partial charge is 0.293 e. The van der Waals surface area contributed by atoms with Crippen molar-refractivity contribution >= 4 is 17.3 Å². The molecule has 0 saturated carbocycles. The van der Waals surface area contributed by atoms with Crippen molar-refractivity contribution in [3.8, 4) is 0 Å². The van der Waals surface area contributed by atoms with Gasteiger partial charge in [0.25, 0.3) is 11.6 Å². The number of rotatable bonds is 5. The molecule has 122 valence electrons. The van der Waals surface area contributed by atoms with Gasteiger partial charge < -0.3 is 10.6 Å². The van der Waals surface area contributed by atoms with Crippen LogP contribution in [0.25, 0.3) is 0 Å². The van der Waals surface area contributed by atoms with E-state index in [0.717, 1.165) is 11.3 Å². The topological polar surface area (TPSA) is 102 Å². The fourth-order valence-corrected chi connectivity index (χ4v) is 2.44. The van der Waals surface area contributed by atoms with E-state index in [0.29, 0.717) is 5.69 Å². The number of benzene rings is 1. The predicted octanol–water partition coefficient (Wildman–Crippen LogP) is 2.17. The van der Waals surface area contributed by atoms with E-state index in [2.05, 4.69) is 15.7 Å². The summed E-state index contributed by atoms with van der Waals surface area (Å²) in [6.07, 6.45) is 1.87. The maximum atomic E-state index is 11.6. The minimum absolute atomic E-state index is 0.139. The van der Waals surface area contributed by atoms with E-state index in [-0.39, 0.29) is 23.2 Å². The number of nitrogens with one attached hydrogen (secondary N) is 2. The monoisotopic (exact) mass is 317 g/mol. The first-order valence-corrected chi connectivity index (χ1v) is 7.10. The number of aromatic nitrogens is 2. The van der Waals surface area contributed by atoms with E-state index < -0.39 is 4.92 Å². The van der Waals surface area contributed by atoms with Gasteiger partial charge in [-0.05, 0) is 26.0 Å². The molecule has 0 aliphatic heterocycles. The molecule has 0 bridgehead atoms. The highest BCUT2D eigenvalue weighted by Gasteiger charge is 2.20. The Morgan fingerprint density at radius 3 is 2.65 bits per heavy atom. The molecular weight excluding hydrogens is 298 g/mol. The van der Waals surface area contributed by atoms with E-state index in [1.807, 2.05) is 27.1 Å². The van der Waals surface area contributed by atoms with E-state index in [1.165, 1.54) is 13.1 Å². The van der Waals surface area contributed by atoms with E-state index in [9.17, 15) is 14.9 Å². The summed E-state index contributed by atoms with van der Waals surface area (Å²) in [6.45, 7) is 3.79. The summed E-state index contributed by atoms with van der Waals surface area (Å²) < 4.78 is 1.70. The molecule has 1 amide bonds. The molecule has 2 aromatic rings. The first kappa shape index (κ1) is 16.5. The lowest BCUT2D eigenvalue weighted by atomic mass is 10.1. The summed E-state index contributed by atoms with van der Waals surface area (Å²) >= 11 is 0. The fourth-order valence-electron chi connectivity index (χ4n) is 2.44. The van der Waals surface area contributed by atoms with Crippen LogP contribution in [0.4, 0.5) is 11.4 Å². The third kappa shape index (κ3) is 3.47. The summed E-state index contributed by atoms with van der Waals surface area (Å²) in [5, 5.41) is 21.1. The van der Waals surface area contributed by atoms with Crippen molar-refractivity contribution in [1.82, 2.24) is 15.1 Å². The van der Waals surface area contributed by atoms with Crippen molar-refractivity contribution in [2.75, 3.05) is 12.4 Å². The molecule has 0 spiro atoms. The molecule has 2 rings (SSSR count). The SMILES string of the molecule is CNC(=O)c1ccc(N[C@H](C)c2cn(C)nc2C)c([N+](=O)[O-])c1. The van der Waals surface area contributed by atoms with Crippen molar-refractivity contribution in [3.05, 3.63) is 51.3 Å². The molecule has 0 aliphatic rings. The Morgan fingerprint density at radius 2 is 2.13 bits per heavy atom. The first-order chi connectivity index (χ1) is 10.8. The number of nitrogens with zero attached hydrogens (tertiary/aromatic N) is 3. The van der Waals surface area contributed by atoms with Gasteiger partial charge in [-0.2, -0.15) is 5.10 Å². The summed E-state index contributed by atoms with van der Waals surface area (Å²) in [5.74, 6) is -0.365. The van der Waals surface area contributed by atoms with Crippen LogP contribution in [0.5, 0.6) is 0 Å². The Balaban J connectivity index is 2.33. The molecule has 0 radical (unpaired) electrons. The molecule has 1 atom stereocenters. The van der Waals surface area contributed by atoms with Gasteiger partial charge in [0.1, 0.15) is 5.69 Å². The lowest BCUT2D eigenvalue weighted by Crippen LogP contribution is -2.18. The molecular formula is C15H19N5O3. The molecule has 0 fully saturated rings. The summed E-state index contributed by atoms with van der Waals surface area (Å²) in [5.41, 5.74) is 2.28. The number of aryl methyl sites for hydroxylation is 2. The zero-order valence-electron chi connectivity index (χ0n) is 13.5. The number of hydrogen-bond donors (Lipinski definition) is 2. The highest BCUT2D eigenvalue weighted by molar-refractivity contribution is 5.95. The normalized spacial score (nSPS) is 11.8. The van der Waals surface area contributed by atoms with Gasteiger partial charge in [0.15, 0.2) is 0 Å². The Bertz CT molecular complexity index is 754. The average Bonchev–Trinajstić information content (AvgIpc) is 2.85. The van der Waals surface area contributed by atoms with Crippen molar-refractivity contribution < 1.29 is 9.72 Å². The number of anilines is 1. The van der Waals surface area contributed by atoms with Gasteiger partial charge in [-0.15, -0.1) is 0 Å². The highest BCUT2D eigenvalue weighted by atomic mass is 16.6. The van der Waals surface area contributed by atoms with Gasteiger partial charge in [-0.25, -0.2) is 0 Å². The number of amides is 1. The maximum absolute atomic E-state index is 11.6. The zero-order chi connectivity index (χ0) is 17.1. The van der Waals surface area contributed by atoms with Crippen LogP contribution in [0.15, 0.2) is 24.4 Å². The van der Waals surface area contributed by atoms with E-state index >= 15 is 0 Å². The number of hydrogen-bond acceptors (Lipinski definition) is 5. The van der Waals surface area contributed by atoms with Gasteiger partial charge in [0, 0.05) is 37.5 Å². The van der Waals surface area contributed by atoms with Crippen LogP contribution in [-0.4, -0.2) is 27.7 Å². The molecule has 1 aromatic heterocycles. The minimum Gasteiger partial charge on any atom is -0.373 e. The van der Waals surface area contributed by atoms with Crippen LogP contribution in [0.3, 0.4) is 0 Å². The first-order valence-electron chi connectivity index (χ1n) is 7.10. The molecule has 0 aliphatic carbocycles. The number of carbonyl (C=O) groups is 1. The minimum atomic E-state index is -0.502. The molecule has 0 saturated heterocycles. The van der Waals surface area contributed by atoms with Crippen LogP contribution in [0.1, 0.15) is 34.6 Å². The highest BCUT2D eigenvalue weighted by Crippen LogP contribution is 2.29. The van der Waals surface area contributed by atoms with E-state index in [4.69, 9.17) is 0 Å². The standard InChI is InChI=1S/C15H19N5O3/c1-9(12-8-19(4)18-10(12)2)17-13-6-5-11(15(21)16-3)7-14(13)20(22)23/h5-9,17H,1-4H3,(H,16,21)/t9-/m1/s1. The molecule has 1 aromatic carbocycles. The Labute approximate surface area is 133 Å². The zero-order valence-corrected chi connectivity index (χ0v) is 13.5. The van der Waals surface area contributed by atoms with Crippen molar-refractivity contribution in [2.24, 2.45) is 7.05 Å². The molecule has 23 heavy (non-hydrogen) atoms. The number of carbonyl (C=O) groups excluding carboxylic acids is 1. The Morgan fingerprint density at radius 1 is 1.43 bits per heavy atom. The van der Waals surface area contributed by atoms with Crippen LogP contribution in [0, 0.1) is 17.0 Å². The summed E-state index contributed by atoms with van der Waals surface area (Å²) in [4.78, 5) is 22.4. The lowest BCUT2D eigenvalue weighted by molar-refractivity contribution is -0.384. The van der Waals surface area contributed by atoms with Crippen molar-refractivity contribution in [3.63, 3.8) is 0 Å². The van der Waals surface area contributed by atoms with Gasteiger partial charge >= 0.3 is 0 Å². The average molecular weight is 317 g/mol. The second-order valence-electron chi connectivity index (χ2n) is 5.28. The second kappa shape index (κ2) is 6.47. The molecule has 2 N–H and O–H groups in total. The molecule has 1 heterocycles. The van der Waals surface area contributed by atoms with Gasteiger partial charge in [0.05, 0.1) is 16.7 Å². The second-order valence-corrected chi connectivity index (χ2v) is 5.28. The number of nitro benzene ring substituents is 1. The number of nitro groups is 1. The molecule has 8 nitrogen and oxygen atoms in total. The molecule has 8 heteroatoms. The fraction of sp³-hybridized carbons (Fsp3) is 0.333. The largest absolute Gasteiger partial charge is 0.373 e. The van der Waals surface area contributed by atoms with Crippen LogP contribution in [-0.2, 0) is 7.05 Å². The lowest BCUT2D eigenvalue weighted by Gasteiger charge is -2.15. The van der Waals surface area contributed by atoms with Gasteiger partial charge in [-0.1, -0.05) is 0 Å². The van der Waals surface area contributed by atoms with Crippen LogP contribution >= 0.6 is 0 Å². The third-order valence-electron chi connectivity index (χ3n) is 3.57. The Kier molecular flexibility index (Phi) is 4.63. The van der Waals surface area contributed by atoms with Crippen LogP contribution < -0.4 is 10.6 Å². The van der Waals surface area contributed by atoms with Gasteiger partial charge in [0.2, 0.25) is 0 Å². The third-order valence-corrected chi connectivity index (χ3v) is 3.57. The Hall–Kier alpha value is -2.90. The van der Waals surface area contributed by atoms with Crippen molar-refractivity contribution in [2.45, 2.75) is 19.9 Å². The van der Waals surface area contributed by atoms with E-state index in [1.54, 1.807) is 16.8 Å². The van der Waals surface area contributed by atoms with Crippen molar-refractivity contribution in [1.29, 1.82) is 0 Å². The predicted molar refractivity (Wildman–Crippen MR) is 86.5 cm³/mol.